The number of benzene rings is 2. The van der Waals surface area contributed by atoms with Crippen LogP contribution >= 0.6 is 0 Å². The van der Waals surface area contributed by atoms with E-state index >= 15 is 0 Å². The zero-order valence-corrected chi connectivity index (χ0v) is 29.3. The SMILES string of the molecule is CCCCCCOC(=O)/N=C(/N)c1ccc(NCc2nc3cc(C(=O)N(CCC(=O)OCOC(=O)OC4CC4)c4ccccn4)ccc3n2C)cc1. The number of carbonyl (C=O) groups excluding carboxylic acids is 4. The van der Waals surface area contributed by atoms with Gasteiger partial charge in [-0.15, -0.1) is 0 Å². The molecule has 0 unspecified atom stereocenters. The van der Waals surface area contributed by atoms with Crippen molar-refractivity contribution in [2.24, 2.45) is 17.8 Å². The number of esters is 1. The van der Waals surface area contributed by atoms with E-state index in [1.807, 2.05) is 29.8 Å². The highest BCUT2D eigenvalue weighted by molar-refractivity contribution is 6.07. The number of aryl methyl sites for hydroxylation is 1. The zero-order valence-electron chi connectivity index (χ0n) is 29.3. The quantitative estimate of drug-likeness (QED) is 0.0332. The molecule has 1 saturated carbocycles. The fourth-order valence-corrected chi connectivity index (χ4v) is 5.13. The normalized spacial score (nSPS) is 12.6. The first kappa shape index (κ1) is 37.3. The predicted octanol–water partition coefficient (Wildman–Crippen LogP) is 5.86. The Bertz CT molecular complexity index is 1870. The summed E-state index contributed by atoms with van der Waals surface area (Å²) in [5.74, 6) is 0.103. The highest BCUT2D eigenvalue weighted by Gasteiger charge is 2.27. The minimum Gasteiger partial charge on any atom is -0.448 e. The summed E-state index contributed by atoms with van der Waals surface area (Å²) >= 11 is 0. The van der Waals surface area contributed by atoms with Crippen LogP contribution in [0.3, 0.4) is 0 Å². The second-order valence-corrected chi connectivity index (χ2v) is 12.1. The van der Waals surface area contributed by atoms with E-state index in [0.717, 1.165) is 55.6 Å². The van der Waals surface area contributed by atoms with E-state index in [0.29, 0.717) is 35.6 Å². The molecule has 3 N–H and O–H groups in total. The van der Waals surface area contributed by atoms with Gasteiger partial charge in [-0.3, -0.25) is 14.5 Å². The number of rotatable bonds is 17. The van der Waals surface area contributed by atoms with E-state index in [-0.39, 0.29) is 30.8 Å². The Morgan fingerprint density at radius 1 is 0.981 bits per heavy atom. The van der Waals surface area contributed by atoms with E-state index in [2.05, 4.69) is 22.2 Å². The van der Waals surface area contributed by atoms with Gasteiger partial charge in [0.15, 0.2) is 0 Å². The molecule has 15 nitrogen and oxygen atoms in total. The van der Waals surface area contributed by atoms with Gasteiger partial charge in [-0.05, 0) is 73.9 Å². The van der Waals surface area contributed by atoms with Gasteiger partial charge in [0.1, 0.15) is 23.6 Å². The third-order valence-corrected chi connectivity index (χ3v) is 8.18. The lowest BCUT2D eigenvalue weighted by atomic mass is 10.1. The van der Waals surface area contributed by atoms with Crippen LogP contribution in [-0.4, -0.2) is 70.5 Å². The molecule has 5 rings (SSSR count). The molecule has 0 bridgehead atoms. The molecule has 1 aliphatic rings. The van der Waals surface area contributed by atoms with Crippen LogP contribution in [0.1, 0.15) is 73.6 Å². The average Bonchev–Trinajstić information content (AvgIpc) is 3.91. The van der Waals surface area contributed by atoms with Gasteiger partial charge in [0.2, 0.25) is 6.79 Å². The first-order valence-electron chi connectivity index (χ1n) is 17.2. The summed E-state index contributed by atoms with van der Waals surface area (Å²) in [6.07, 6.45) is 5.24. The molecule has 2 heterocycles. The number of carbonyl (C=O) groups is 4. The van der Waals surface area contributed by atoms with Crippen LogP contribution in [0.15, 0.2) is 71.9 Å². The Morgan fingerprint density at radius 3 is 2.50 bits per heavy atom. The molecule has 0 atom stereocenters. The lowest BCUT2D eigenvalue weighted by Gasteiger charge is -2.21. The number of imidazole rings is 1. The number of unbranched alkanes of at least 4 members (excludes halogenated alkanes) is 3. The van der Waals surface area contributed by atoms with Crippen molar-refractivity contribution in [2.75, 3.05) is 30.2 Å². The number of hydrogen-bond donors (Lipinski definition) is 2. The van der Waals surface area contributed by atoms with Gasteiger partial charge in [-0.1, -0.05) is 32.3 Å². The molecule has 2 amide bonds. The Kier molecular flexibility index (Phi) is 13.1. The fourth-order valence-electron chi connectivity index (χ4n) is 5.13. The van der Waals surface area contributed by atoms with Crippen LogP contribution in [0.4, 0.5) is 21.1 Å². The molecule has 2 aromatic heterocycles. The summed E-state index contributed by atoms with van der Waals surface area (Å²) < 4.78 is 21.8. The third kappa shape index (κ3) is 10.8. The number of nitrogens with one attached hydrogen (secondary N) is 1. The summed E-state index contributed by atoms with van der Waals surface area (Å²) in [4.78, 5) is 64.1. The number of hydrogen-bond acceptors (Lipinski definition) is 11. The fraction of sp³-hybridized carbons (Fsp3) is 0.378. The molecular formula is C37H43N7O8. The molecule has 1 fully saturated rings. The van der Waals surface area contributed by atoms with Gasteiger partial charge in [0.05, 0.1) is 30.6 Å². The maximum atomic E-state index is 13.8. The molecule has 15 heteroatoms. The van der Waals surface area contributed by atoms with Gasteiger partial charge >= 0.3 is 18.2 Å². The largest absolute Gasteiger partial charge is 0.511 e. The molecule has 274 valence electrons. The maximum absolute atomic E-state index is 13.8. The highest BCUT2D eigenvalue weighted by atomic mass is 16.8. The van der Waals surface area contributed by atoms with Crippen molar-refractivity contribution in [1.82, 2.24) is 14.5 Å². The van der Waals surface area contributed by atoms with Gasteiger partial charge in [0, 0.05) is 36.6 Å². The van der Waals surface area contributed by atoms with E-state index in [4.69, 9.17) is 29.7 Å². The lowest BCUT2D eigenvalue weighted by molar-refractivity contribution is -0.153. The van der Waals surface area contributed by atoms with Crippen molar-refractivity contribution in [1.29, 1.82) is 0 Å². The number of pyridine rings is 1. The summed E-state index contributed by atoms with van der Waals surface area (Å²) in [5.41, 5.74) is 9.19. The minimum atomic E-state index is -0.889. The maximum Gasteiger partial charge on any atom is 0.511 e. The van der Waals surface area contributed by atoms with Crippen LogP contribution in [0.5, 0.6) is 0 Å². The third-order valence-electron chi connectivity index (χ3n) is 8.18. The molecule has 4 aromatic rings. The van der Waals surface area contributed by atoms with Crippen molar-refractivity contribution in [3.63, 3.8) is 0 Å². The van der Waals surface area contributed by atoms with E-state index in [1.165, 1.54) is 4.90 Å². The lowest BCUT2D eigenvalue weighted by Crippen LogP contribution is -2.34. The minimum absolute atomic E-state index is 0.0316. The Morgan fingerprint density at radius 2 is 1.77 bits per heavy atom. The number of aromatic nitrogens is 3. The second kappa shape index (κ2) is 18.3. The Balaban J connectivity index is 1.18. The predicted molar refractivity (Wildman–Crippen MR) is 193 cm³/mol. The van der Waals surface area contributed by atoms with Crippen molar-refractivity contribution < 1.29 is 38.1 Å². The number of amides is 2. The van der Waals surface area contributed by atoms with Crippen molar-refractivity contribution in [3.05, 3.63) is 83.8 Å². The molecule has 0 radical (unpaired) electrons. The second-order valence-electron chi connectivity index (χ2n) is 12.1. The summed E-state index contributed by atoms with van der Waals surface area (Å²) in [6, 6.07) is 17.5. The standard InChI is InChI=1S/C37H43N7O8/c1-3-4-5-8-21-49-36(47)42-34(38)25-10-13-27(14-11-25)40-23-32-41-29-22-26(12-17-30(29)43(32)2)35(46)44(31-9-6-7-19-39-31)20-18-33(45)50-24-51-37(48)52-28-15-16-28/h6-7,9-14,17,19,22,28,40H,3-5,8,15-16,18,20-21,23-24H2,1-2H3,(H2,38,42,47). The number of nitrogens with zero attached hydrogens (tertiary/aromatic N) is 5. The summed E-state index contributed by atoms with van der Waals surface area (Å²) in [7, 11) is 1.89. The number of anilines is 2. The number of ether oxygens (including phenoxy) is 4. The van der Waals surface area contributed by atoms with E-state index < -0.39 is 25.0 Å². The Hall–Kier alpha value is -5.99. The van der Waals surface area contributed by atoms with Crippen LogP contribution in [0.2, 0.25) is 0 Å². The van der Waals surface area contributed by atoms with Crippen LogP contribution < -0.4 is 16.0 Å². The topological polar surface area (TPSA) is 190 Å². The van der Waals surface area contributed by atoms with E-state index in [1.54, 1.807) is 48.7 Å². The summed E-state index contributed by atoms with van der Waals surface area (Å²) in [6.45, 7) is 2.20. The molecule has 0 spiro atoms. The van der Waals surface area contributed by atoms with Crippen molar-refractivity contribution >= 4 is 52.5 Å². The molecular weight excluding hydrogens is 670 g/mol. The highest BCUT2D eigenvalue weighted by Crippen LogP contribution is 2.24. The van der Waals surface area contributed by atoms with E-state index in [9.17, 15) is 19.2 Å². The zero-order chi connectivity index (χ0) is 36.9. The number of amidine groups is 1. The van der Waals surface area contributed by atoms with Gasteiger partial charge in [-0.25, -0.2) is 19.6 Å². The average molecular weight is 714 g/mol. The first-order valence-corrected chi connectivity index (χ1v) is 17.2. The summed E-state index contributed by atoms with van der Waals surface area (Å²) in [5, 5.41) is 3.33. The molecule has 1 aliphatic carbocycles. The number of nitrogens with two attached hydrogens (primary N) is 1. The smallest absolute Gasteiger partial charge is 0.448 e. The monoisotopic (exact) mass is 713 g/mol. The van der Waals surface area contributed by atoms with Crippen LogP contribution in [0, 0.1) is 0 Å². The first-order chi connectivity index (χ1) is 25.2. The van der Waals surface area contributed by atoms with Gasteiger partial charge in [0.25, 0.3) is 5.91 Å². The molecule has 0 aliphatic heterocycles. The number of fused-ring (bicyclic) bond motifs is 1. The van der Waals surface area contributed by atoms with Crippen LogP contribution in [0.25, 0.3) is 11.0 Å². The van der Waals surface area contributed by atoms with Gasteiger partial charge in [-0.2, -0.15) is 4.99 Å². The molecule has 0 saturated heterocycles. The van der Waals surface area contributed by atoms with Crippen molar-refractivity contribution in [2.45, 2.75) is 64.5 Å². The molecule has 2 aromatic carbocycles. The Labute approximate surface area is 301 Å². The molecule has 52 heavy (non-hydrogen) atoms. The number of aliphatic imine (C=N–C) groups is 1. The van der Waals surface area contributed by atoms with Crippen LogP contribution in [-0.2, 0) is 37.3 Å². The van der Waals surface area contributed by atoms with Crippen molar-refractivity contribution in [3.8, 4) is 0 Å². The van der Waals surface area contributed by atoms with Gasteiger partial charge < -0.3 is 34.6 Å².